The topological polar surface area (TPSA) is 79.5 Å². The van der Waals surface area contributed by atoms with Gasteiger partial charge in [-0.25, -0.2) is 0 Å². The first-order valence-corrected chi connectivity index (χ1v) is 5.92. The Kier molecular flexibility index (Phi) is 5.37. The summed E-state index contributed by atoms with van der Waals surface area (Å²) >= 11 is 0. The van der Waals surface area contributed by atoms with E-state index in [1.807, 2.05) is 6.92 Å². The molecule has 3 atom stereocenters. The Bertz CT molecular complexity index is 283. The van der Waals surface area contributed by atoms with Crippen LogP contribution < -0.4 is 16.0 Å². The summed E-state index contributed by atoms with van der Waals surface area (Å²) in [4.78, 5) is 23.3. The van der Waals surface area contributed by atoms with Crippen molar-refractivity contribution in [3.8, 4) is 0 Å². The monoisotopic (exact) mass is 243 g/mol. The number of amides is 2. The SMILES string of the molecule is CCNC(=O)C(C)NC(=O)C1CC(OC)CN1. The molecule has 1 aliphatic rings. The Morgan fingerprint density at radius 1 is 1.53 bits per heavy atom. The molecule has 3 unspecified atom stereocenters. The van der Waals surface area contributed by atoms with Gasteiger partial charge in [-0.15, -0.1) is 0 Å². The Hall–Kier alpha value is -1.14. The van der Waals surface area contributed by atoms with Gasteiger partial charge in [-0.2, -0.15) is 0 Å². The van der Waals surface area contributed by atoms with Crippen LogP contribution in [-0.2, 0) is 14.3 Å². The summed E-state index contributed by atoms with van der Waals surface area (Å²) in [5.74, 6) is -0.314. The Morgan fingerprint density at radius 2 is 2.24 bits per heavy atom. The highest BCUT2D eigenvalue weighted by Crippen LogP contribution is 2.09. The number of hydrogen-bond acceptors (Lipinski definition) is 4. The van der Waals surface area contributed by atoms with Crippen LogP contribution >= 0.6 is 0 Å². The summed E-state index contributed by atoms with van der Waals surface area (Å²) in [5.41, 5.74) is 0. The fraction of sp³-hybridized carbons (Fsp3) is 0.818. The van der Waals surface area contributed by atoms with Crippen molar-refractivity contribution in [2.45, 2.75) is 38.5 Å². The molecule has 0 saturated carbocycles. The first kappa shape index (κ1) is 13.9. The van der Waals surface area contributed by atoms with E-state index in [1.165, 1.54) is 0 Å². The lowest BCUT2D eigenvalue weighted by atomic mass is 10.2. The number of carbonyl (C=O) groups is 2. The zero-order valence-corrected chi connectivity index (χ0v) is 10.6. The van der Waals surface area contributed by atoms with Crippen molar-refractivity contribution in [1.29, 1.82) is 0 Å². The number of methoxy groups -OCH3 is 1. The minimum Gasteiger partial charge on any atom is -0.380 e. The molecule has 0 aliphatic carbocycles. The van der Waals surface area contributed by atoms with Gasteiger partial charge in [0.15, 0.2) is 0 Å². The number of hydrogen-bond donors (Lipinski definition) is 3. The number of carbonyl (C=O) groups excluding carboxylic acids is 2. The van der Waals surface area contributed by atoms with Crippen molar-refractivity contribution >= 4 is 11.8 Å². The molecule has 1 aliphatic heterocycles. The molecule has 1 rings (SSSR count). The summed E-state index contributed by atoms with van der Waals surface area (Å²) in [7, 11) is 1.63. The summed E-state index contributed by atoms with van der Waals surface area (Å²) < 4.78 is 5.16. The van der Waals surface area contributed by atoms with Crippen LogP contribution in [0, 0.1) is 0 Å². The molecule has 1 saturated heterocycles. The van der Waals surface area contributed by atoms with Crippen LogP contribution in [0.5, 0.6) is 0 Å². The molecular weight excluding hydrogens is 222 g/mol. The van der Waals surface area contributed by atoms with Gasteiger partial charge in [0.1, 0.15) is 6.04 Å². The second-order valence-electron chi connectivity index (χ2n) is 4.18. The predicted octanol–water partition coefficient (Wildman–Crippen LogP) is -0.996. The number of nitrogens with one attached hydrogen (secondary N) is 3. The zero-order chi connectivity index (χ0) is 12.8. The van der Waals surface area contributed by atoms with Crippen LogP contribution in [0.15, 0.2) is 0 Å². The summed E-state index contributed by atoms with van der Waals surface area (Å²) in [6, 6.07) is -0.775. The van der Waals surface area contributed by atoms with E-state index in [-0.39, 0.29) is 24.0 Å². The van der Waals surface area contributed by atoms with Crippen LogP contribution in [0.25, 0.3) is 0 Å². The molecule has 0 bridgehead atoms. The highest BCUT2D eigenvalue weighted by molar-refractivity contribution is 5.89. The van der Waals surface area contributed by atoms with Gasteiger partial charge < -0.3 is 20.7 Å². The zero-order valence-electron chi connectivity index (χ0n) is 10.6. The van der Waals surface area contributed by atoms with Crippen molar-refractivity contribution < 1.29 is 14.3 Å². The number of rotatable bonds is 5. The largest absolute Gasteiger partial charge is 0.380 e. The Morgan fingerprint density at radius 3 is 2.76 bits per heavy atom. The molecule has 17 heavy (non-hydrogen) atoms. The molecule has 1 heterocycles. The molecule has 0 radical (unpaired) electrons. The molecule has 98 valence electrons. The van der Waals surface area contributed by atoms with Crippen LogP contribution in [-0.4, -0.2) is 50.2 Å². The van der Waals surface area contributed by atoms with Crippen molar-refractivity contribution in [3.05, 3.63) is 0 Å². The second-order valence-corrected chi connectivity index (χ2v) is 4.18. The fourth-order valence-corrected chi connectivity index (χ4v) is 1.79. The van der Waals surface area contributed by atoms with Crippen LogP contribution in [0.2, 0.25) is 0 Å². The van der Waals surface area contributed by atoms with Gasteiger partial charge in [0.05, 0.1) is 12.1 Å². The van der Waals surface area contributed by atoms with E-state index in [0.29, 0.717) is 19.5 Å². The maximum absolute atomic E-state index is 11.8. The van der Waals surface area contributed by atoms with Gasteiger partial charge in [-0.05, 0) is 20.3 Å². The lowest BCUT2D eigenvalue weighted by Crippen LogP contribution is -2.50. The number of ether oxygens (including phenoxy) is 1. The van der Waals surface area contributed by atoms with Gasteiger partial charge in [-0.3, -0.25) is 9.59 Å². The Labute approximate surface area is 101 Å². The standard InChI is InChI=1S/C11H21N3O3/c1-4-12-10(15)7(2)14-11(16)9-5-8(17-3)6-13-9/h7-9,13H,4-6H2,1-3H3,(H,12,15)(H,14,16). The minimum atomic E-state index is -0.508. The summed E-state index contributed by atoms with van der Waals surface area (Å²) in [6.07, 6.45) is 0.718. The third-order valence-corrected chi connectivity index (χ3v) is 2.84. The summed E-state index contributed by atoms with van der Waals surface area (Å²) in [6.45, 7) is 4.75. The van der Waals surface area contributed by atoms with E-state index >= 15 is 0 Å². The van der Waals surface area contributed by atoms with E-state index in [4.69, 9.17) is 4.74 Å². The van der Waals surface area contributed by atoms with Gasteiger partial charge >= 0.3 is 0 Å². The maximum Gasteiger partial charge on any atom is 0.242 e. The van der Waals surface area contributed by atoms with Crippen LogP contribution in [0.4, 0.5) is 0 Å². The average Bonchev–Trinajstić information content (AvgIpc) is 2.77. The van der Waals surface area contributed by atoms with Crippen molar-refractivity contribution in [3.63, 3.8) is 0 Å². The van der Waals surface area contributed by atoms with E-state index in [9.17, 15) is 9.59 Å². The smallest absolute Gasteiger partial charge is 0.242 e. The van der Waals surface area contributed by atoms with Gasteiger partial charge in [0.25, 0.3) is 0 Å². The second kappa shape index (κ2) is 6.56. The first-order chi connectivity index (χ1) is 8.08. The quantitative estimate of drug-likeness (QED) is 0.579. The molecular formula is C11H21N3O3. The van der Waals surface area contributed by atoms with Crippen LogP contribution in [0.1, 0.15) is 20.3 Å². The fourth-order valence-electron chi connectivity index (χ4n) is 1.79. The summed E-state index contributed by atoms with van der Waals surface area (Å²) in [5, 5.41) is 8.41. The van der Waals surface area contributed by atoms with E-state index < -0.39 is 6.04 Å². The number of likely N-dealkylation sites (N-methyl/N-ethyl adjacent to an activating group) is 1. The van der Waals surface area contributed by atoms with E-state index in [2.05, 4.69) is 16.0 Å². The average molecular weight is 243 g/mol. The van der Waals surface area contributed by atoms with Crippen LogP contribution in [0.3, 0.4) is 0 Å². The molecule has 0 aromatic heterocycles. The Balaban J connectivity index is 2.36. The normalized spacial score (nSPS) is 25.4. The van der Waals surface area contributed by atoms with Gasteiger partial charge in [0.2, 0.25) is 11.8 Å². The van der Waals surface area contributed by atoms with Gasteiger partial charge in [-0.1, -0.05) is 0 Å². The molecule has 1 fully saturated rings. The van der Waals surface area contributed by atoms with E-state index in [0.717, 1.165) is 0 Å². The van der Waals surface area contributed by atoms with Gasteiger partial charge in [0, 0.05) is 20.2 Å². The maximum atomic E-state index is 11.8. The molecule has 0 aromatic rings. The molecule has 3 N–H and O–H groups in total. The minimum absolute atomic E-state index is 0.0746. The molecule has 6 nitrogen and oxygen atoms in total. The molecule has 0 spiro atoms. The van der Waals surface area contributed by atoms with Crippen molar-refractivity contribution in [1.82, 2.24) is 16.0 Å². The third-order valence-electron chi connectivity index (χ3n) is 2.84. The molecule has 0 aromatic carbocycles. The molecule has 2 amide bonds. The predicted molar refractivity (Wildman–Crippen MR) is 63.5 cm³/mol. The van der Waals surface area contributed by atoms with Crippen molar-refractivity contribution in [2.75, 3.05) is 20.2 Å². The highest BCUT2D eigenvalue weighted by atomic mass is 16.5. The lowest BCUT2D eigenvalue weighted by molar-refractivity contribution is -0.129. The highest BCUT2D eigenvalue weighted by Gasteiger charge is 2.30. The third kappa shape index (κ3) is 3.98. The first-order valence-electron chi connectivity index (χ1n) is 5.92. The molecule has 6 heteroatoms. The van der Waals surface area contributed by atoms with Crippen molar-refractivity contribution in [2.24, 2.45) is 0 Å². The van der Waals surface area contributed by atoms with E-state index in [1.54, 1.807) is 14.0 Å². The lowest BCUT2D eigenvalue weighted by Gasteiger charge is -2.16.